The van der Waals surface area contributed by atoms with Gasteiger partial charge in [0.15, 0.2) is 9.84 Å². The van der Waals surface area contributed by atoms with Crippen LogP contribution in [0.5, 0.6) is 0 Å². The van der Waals surface area contributed by atoms with Gasteiger partial charge in [0.2, 0.25) is 0 Å². The highest BCUT2D eigenvalue weighted by Crippen LogP contribution is 2.49. The zero-order chi connectivity index (χ0) is 15.0. The molecule has 2 aliphatic rings. The minimum Gasteiger partial charge on any atom is -0.388 e. The Morgan fingerprint density at radius 2 is 1.95 bits per heavy atom. The van der Waals surface area contributed by atoms with Gasteiger partial charge in [-0.05, 0) is 37.5 Å². The lowest BCUT2D eigenvalue weighted by Gasteiger charge is -2.39. The number of hydrogen-bond acceptors (Lipinski definition) is 4. The second-order valence-electron chi connectivity index (χ2n) is 7.00. The monoisotopic (exact) mass is 299 g/mol. The van der Waals surface area contributed by atoms with Crippen LogP contribution in [-0.2, 0) is 9.84 Å². The van der Waals surface area contributed by atoms with E-state index in [1.54, 1.807) is 0 Å². The number of rotatable bonds is 2. The molecule has 0 aromatic rings. The van der Waals surface area contributed by atoms with Gasteiger partial charge in [-0.1, -0.05) is 26.7 Å². The molecule has 2 rings (SSSR count). The normalized spacial score (nSPS) is 41.2. The van der Waals surface area contributed by atoms with E-state index >= 15 is 0 Å². The Morgan fingerprint density at radius 1 is 1.25 bits per heavy atom. The van der Waals surface area contributed by atoms with Gasteiger partial charge < -0.3 is 5.11 Å². The van der Waals surface area contributed by atoms with E-state index in [9.17, 15) is 18.8 Å². The first-order valence-electron chi connectivity index (χ1n) is 7.58. The van der Waals surface area contributed by atoms with Crippen molar-refractivity contribution in [2.24, 2.45) is 17.3 Å². The maximum Gasteiger partial charge on any atom is 0.152 e. The van der Waals surface area contributed by atoms with Crippen LogP contribution in [0.1, 0.15) is 52.4 Å². The molecule has 1 saturated heterocycles. The topological polar surface area (TPSA) is 78.2 Å². The highest BCUT2D eigenvalue weighted by atomic mass is 32.2. The van der Waals surface area contributed by atoms with Gasteiger partial charge in [-0.2, -0.15) is 5.26 Å². The van der Waals surface area contributed by atoms with Gasteiger partial charge in [0, 0.05) is 0 Å². The predicted octanol–water partition coefficient (Wildman–Crippen LogP) is 2.28. The molecular weight excluding hydrogens is 274 g/mol. The number of nitrogens with zero attached hydrogens (tertiary/aromatic N) is 1. The van der Waals surface area contributed by atoms with E-state index < -0.39 is 20.9 Å². The minimum atomic E-state index is -3.18. The van der Waals surface area contributed by atoms with Crippen LogP contribution in [0.3, 0.4) is 0 Å². The lowest BCUT2D eigenvalue weighted by atomic mass is 9.68. The molecule has 5 heteroatoms. The van der Waals surface area contributed by atoms with E-state index in [1.807, 2.05) is 0 Å². The predicted molar refractivity (Wildman–Crippen MR) is 77.7 cm³/mol. The Hall–Kier alpha value is -0.600. The molecule has 0 amide bonds. The van der Waals surface area contributed by atoms with Gasteiger partial charge in [0.25, 0.3) is 0 Å². The summed E-state index contributed by atoms with van der Waals surface area (Å²) in [6.45, 7) is 4.38. The van der Waals surface area contributed by atoms with Gasteiger partial charge in [0.05, 0.1) is 23.2 Å². The van der Waals surface area contributed by atoms with Crippen molar-refractivity contribution in [3.8, 4) is 6.07 Å². The molecule has 0 radical (unpaired) electrons. The lowest BCUT2D eigenvalue weighted by Crippen LogP contribution is -2.48. The molecule has 4 nitrogen and oxygen atoms in total. The number of hydrogen-bond donors (Lipinski definition) is 1. The maximum atomic E-state index is 11.8. The summed E-state index contributed by atoms with van der Waals surface area (Å²) in [5.74, 6) is 1.01. The van der Waals surface area contributed by atoms with Gasteiger partial charge in [-0.25, -0.2) is 8.42 Å². The molecule has 0 bridgehead atoms. The van der Waals surface area contributed by atoms with Gasteiger partial charge >= 0.3 is 0 Å². The number of aliphatic hydroxyl groups is 1. The number of sulfone groups is 1. The summed E-state index contributed by atoms with van der Waals surface area (Å²) in [5, 5.41) is 20.6. The van der Waals surface area contributed by atoms with Crippen molar-refractivity contribution in [1.82, 2.24) is 0 Å². The van der Waals surface area contributed by atoms with Crippen LogP contribution in [0.2, 0.25) is 0 Å². The van der Waals surface area contributed by atoms with Crippen molar-refractivity contribution >= 4 is 9.84 Å². The van der Waals surface area contributed by atoms with Crippen LogP contribution in [0.4, 0.5) is 0 Å². The smallest absolute Gasteiger partial charge is 0.152 e. The average molecular weight is 299 g/mol. The van der Waals surface area contributed by atoms with E-state index in [0.29, 0.717) is 24.7 Å². The third-order valence-electron chi connectivity index (χ3n) is 5.45. The van der Waals surface area contributed by atoms with Gasteiger partial charge in [0.1, 0.15) is 5.41 Å². The maximum absolute atomic E-state index is 11.8. The Labute approximate surface area is 122 Å². The van der Waals surface area contributed by atoms with Crippen molar-refractivity contribution in [2.75, 3.05) is 11.5 Å². The summed E-state index contributed by atoms with van der Waals surface area (Å²) in [7, 11) is -3.18. The molecule has 2 fully saturated rings. The minimum absolute atomic E-state index is 0.0382. The molecule has 0 spiro atoms. The summed E-state index contributed by atoms with van der Waals surface area (Å²) in [4.78, 5) is 0. The van der Waals surface area contributed by atoms with Crippen LogP contribution in [0.25, 0.3) is 0 Å². The third-order valence-corrected chi connectivity index (χ3v) is 7.21. The zero-order valence-corrected chi connectivity index (χ0v) is 13.2. The van der Waals surface area contributed by atoms with Crippen LogP contribution in [-0.4, -0.2) is 30.6 Å². The van der Waals surface area contributed by atoms with Crippen molar-refractivity contribution in [3.05, 3.63) is 0 Å². The van der Waals surface area contributed by atoms with E-state index in [0.717, 1.165) is 19.3 Å². The molecular formula is C15H25NO3S. The molecule has 0 aromatic carbocycles. The fourth-order valence-electron chi connectivity index (χ4n) is 3.90. The molecule has 1 saturated carbocycles. The first-order chi connectivity index (χ1) is 9.24. The molecule has 3 unspecified atom stereocenters. The molecule has 1 aliphatic carbocycles. The largest absolute Gasteiger partial charge is 0.388 e. The highest BCUT2D eigenvalue weighted by molar-refractivity contribution is 7.91. The Bertz CT molecular complexity index is 508. The third kappa shape index (κ3) is 2.73. The first kappa shape index (κ1) is 15.8. The van der Waals surface area contributed by atoms with Crippen molar-refractivity contribution < 1.29 is 13.5 Å². The second-order valence-corrected chi connectivity index (χ2v) is 9.19. The molecule has 0 aromatic heterocycles. The lowest BCUT2D eigenvalue weighted by molar-refractivity contribution is -0.0570. The Balaban J connectivity index is 2.24. The Kier molecular flexibility index (Phi) is 4.19. The van der Waals surface area contributed by atoms with Crippen LogP contribution >= 0.6 is 0 Å². The summed E-state index contributed by atoms with van der Waals surface area (Å²) in [6.07, 6.45) is 4.22. The molecule has 1 N–H and O–H groups in total. The quantitative estimate of drug-likeness (QED) is 0.793. The molecule has 20 heavy (non-hydrogen) atoms. The van der Waals surface area contributed by atoms with Crippen LogP contribution < -0.4 is 0 Å². The summed E-state index contributed by atoms with van der Waals surface area (Å²) in [6, 6.07) is 2.19. The summed E-state index contributed by atoms with van der Waals surface area (Å²) >= 11 is 0. The second kappa shape index (κ2) is 5.31. The summed E-state index contributed by atoms with van der Waals surface area (Å²) in [5.41, 5.74) is -2.22. The van der Waals surface area contributed by atoms with Crippen LogP contribution in [0.15, 0.2) is 0 Å². The molecule has 114 valence electrons. The van der Waals surface area contributed by atoms with E-state index in [-0.39, 0.29) is 17.9 Å². The van der Waals surface area contributed by atoms with E-state index in [2.05, 4.69) is 19.9 Å². The first-order valence-corrected chi connectivity index (χ1v) is 9.40. The fraction of sp³-hybridized carbons (Fsp3) is 0.933. The van der Waals surface area contributed by atoms with Gasteiger partial charge in [-0.15, -0.1) is 0 Å². The SMILES string of the molecule is CC(C)C1CCCC(O)(C2(C#N)CCS(=O)(=O)C2)CC1. The van der Waals surface area contributed by atoms with E-state index in [4.69, 9.17) is 0 Å². The highest BCUT2D eigenvalue weighted by Gasteiger charge is 2.56. The molecule has 1 heterocycles. The van der Waals surface area contributed by atoms with Crippen LogP contribution in [0, 0.1) is 28.6 Å². The van der Waals surface area contributed by atoms with Crippen molar-refractivity contribution in [1.29, 1.82) is 5.26 Å². The fourth-order valence-corrected chi connectivity index (χ4v) is 5.94. The molecule has 1 aliphatic heterocycles. The average Bonchev–Trinajstić information content (AvgIpc) is 2.56. The zero-order valence-electron chi connectivity index (χ0n) is 12.4. The Morgan fingerprint density at radius 3 is 2.45 bits per heavy atom. The standard InChI is InChI=1S/C15H25NO3S/c1-12(2)13-4-3-6-15(17,7-5-13)14(10-16)8-9-20(18,19)11-14/h12-13,17H,3-9,11H2,1-2H3. The van der Waals surface area contributed by atoms with Crippen molar-refractivity contribution in [2.45, 2.75) is 58.0 Å². The molecule has 3 atom stereocenters. The summed E-state index contributed by atoms with van der Waals surface area (Å²) < 4.78 is 23.6. The van der Waals surface area contributed by atoms with E-state index in [1.165, 1.54) is 0 Å². The van der Waals surface area contributed by atoms with Gasteiger partial charge in [-0.3, -0.25) is 0 Å². The van der Waals surface area contributed by atoms with Crippen molar-refractivity contribution in [3.63, 3.8) is 0 Å². The number of nitriles is 1.